The Bertz CT molecular complexity index is 544. The van der Waals surface area contributed by atoms with Crippen LogP contribution < -0.4 is 10.1 Å². The predicted molar refractivity (Wildman–Crippen MR) is 79.7 cm³/mol. The van der Waals surface area contributed by atoms with Crippen molar-refractivity contribution in [2.45, 2.75) is 26.6 Å². The summed E-state index contributed by atoms with van der Waals surface area (Å²) < 4.78 is 5.73. The predicted octanol–water partition coefficient (Wildman–Crippen LogP) is 2.97. The van der Waals surface area contributed by atoms with Gasteiger partial charge in [0, 0.05) is 12.7 Å². The monoisotopic (exact) mass is 272 g/mol. The highest BCUT2D eigenvalue weighted by Gasteiger charge is 2.00. The van der Waals surface area contributed by atoms with Crippen molar-refractivity contribution in [3.63, 3.8) is 0 Å². The van der Waals surface area contributed by atoms with Gasteiger partial charge in [-0.2, -0.15) is 0 Å². The first-order valence-corrected chi connectivity index (χ1v) is 6.83. The van der Waals surface area contributed by atoms with E-state index in [4.69, 9.17) is 9.84 Å². The van der Waals surface area contributed by atoms with Gasteiger partial charge in [-0.3, -0.25) is 0 Å². The van der Waals surface area contributed by atoms with Crippen LogP contribution in [0.15, 0.2) is 42.6 Å². The molecule has 2 N–H and O–H groups in total. The van der Waals surface area contributed by atoms with Crippen LogP contribution in [0.3, 0.4) is 0 Å². The van der Waals surface area contributed by atoms with E-state index in [2.05, 4.69) is 17.2 Å². The molecule has 0 fully saturated rings. The second-order valence-electron chi connectivity index (χ2n) is 4.57. The van der Waals surface area contributed by atoms with Crippen LogP contribution >= 0.6 is 0 Å². The van der Waals surface area contributed by atoms with Gasteiger partial charge in [-0.1, -0.05) is 19.1 Å². The molecule has 2 rings (SSSR count). The smallest absolute Gasteiger partial charge is 0.126 e. The Morgan fingerprint density at radius 3 is 2.90 bits per heavy atom. The Morgan fingerprint density at radius 1 is 1.20 bits per heavy atom. The number of nitrogens with one attached hydrogen (secondary N) is 1. The molecule has 0 saturated carbocycles. The van der Waals surface area contributed by atoms with Crippen molar-refractivity contribution in [3.8, 4) is 5.75 Å². The highest BCUT2D eigenvalue weighted by Crippen LogP contribution is 2.16. The Morgan fingerprint density at radius 2 is 2.10 bits per heavy atom. The number of pyridine rings is 1. The van der Waals surface area contributed by atoms with Gasteiger partial charge in [0.15, 0.2) is 0 Å². The topological polar surface area (TPSA) is 54.4 Å². The first-order valence-electron chi connectivity index (χ1n) is 6.83. The Hall–Kier alpha value is -2.07. The number of benzene rings is 1. The first kappa shape index (κ1) is 14.3. The number of aliphatic hydroxyl groups is 1. The van der Waals surface area contributed by atoms with E-state index in [0.29, 0.717) is 6.61 Å². The number of ether oxygens (including phenoxy) is 1. The van der Waals surface area contributed by atoms with Gasteiger partial charge < -0.3 is 15.2 Å². The van der Waals surface area contributed by atoms with E-state index in [-0.39, 0.29) is 6.61 Å². The van der Waals surface area contributed by atoms with Crippen LogP contribution in [0.1, 0.15) is 24.5 Å². The molecule has 20 heavy (non-hydrogen) atoms. The zero-order valence-corrected chi connectivity index (χ0v) is 11.7. The maximum atomic E-state index is 9.09. The molecule has 0 bridgehead atoms. The maximum Gasteiger partial charge on any atom is 0.126 e. The zero-order chi connectivity index (χ0) is 14.2. The molecule has 0 saturated heterocycles. The van der Waals surface area contributed by atoms with Crippen molar-refractivity contribution >= 4 is 5.82 Å². The summed E-state index contributed by atoms with van der Waals surface area (Å²) in [6, 6.07) is 11.4. The van der Waals surface area contributed by atoms with E-state index >= 15 is 0 Å². The van der Waals surface area contributed by atoms with Crippen molar-refractivity contribution in [2.75, 3.05) is 11.9 Å². The van der Waals surface area contributed by atoms with Gasteiger partial charge in [0.1, 0.15) is 18.2 Å². The van der Waals surface area contributed by atoms with E-state index in [1.54, 1.807) is 6.20 Å². The minimum Gasteiger partial charge on any atom is -0.489 e. The van der Waals surface area contributed by atoms with Crippen molar-refractivity contribution < 1.29 is 9.84 Å². The lowest BCUT2D eigenvalue weighted by molar-refractivity contribution is 0.278. The van der Waals surface area contributed by atoms with Gasteiger partial charge in [0.2, 0.25) is 0 Å². The highest BCUT2D eigenvalue weighted by atomic mass is 16.5. The lowest BCUT2D eigenvalue weighted by Gasteiger charge is -2.09. The third kappa shape index (κ3) is 4.24. The Kier molecular flexibility index (Phi) is 5.38. The van der Waals surface area contributed by atoms with Gasteiger partial charge in [-0.25, -0.2) is 4.98 Å². The van der Waals surface area contributed by atoms with E-state index in [1.807, 2.05) is 36.4 Å². The Labute approximate surface area is 119 Å². The summed E-state index contributed by atoms with van der Waals surface area (Å²) >= 11 is 0. The van der Waals surface area contributed by atoms with E-state index in [0.717, 1.165) is 35.7 Å². The number of rotatable bonds is 7. The Balaban J connectivity index is 1.95. The van der Waals surface area contributed by atoms with E-state index in [1.165, 1.54) is 0 Å². The van der Waals surface area contributed by atoms with Crippen molar-refractivity contribution in [2.24, 2.45) is 0 Å². The number of aliphatic hydroxyl groups excluding tert-OH is 1. The molecular formula is C16H20N2O2. The second-order valence-corrected chi connectivity index (χ2v) is 4.57. The van der Waals surface area contributed by atoms with Crippen LogP contribution in [0.2, 0.25) is 0 Å². The minimum atomic E-state index is 0.0253. The maximum absolute atomic E-state index is 9.09. The molecule has 0 aliphatic carbocycles. The zero-order valence-electron chi connectivity index (χ0n) is 11.7. The highest BCUT2D eigenvalue weighted by molar-refractivity contribution is 5.37. The SMILES string of the molecule is CCCNc1cc(COc2cccc(CO)c2)ccn1. The normalized spacial score (nSPS) is 10.3. The van der Waals surface area contributed by atoms with Crippen molar-refractivity contribution in [3.05, 3.63) is 53.7 Å². The molecule has 1 aromatic heterocycles. The third-order valence-electron chi connectivity index (χ3n) is 2.87. The van der Waals surface area contributed by atoms with Crippen LogP contribution in [-0.2, 0) is 13.2 Å². The fraction of sp³-hybridized carbons (Fsp3) is 0.312. The lowest BCUT2D eigenvalue weighted by Crippen LogP contribution is -2.03. The molecule has 0 radical (unpaired) electrons. The molecule has 1 heterocycles. The van der Waals surface area contributed by atoms with Crippen molar-refractivity contribution in [1.29, 1.82) is 0 Å². The first-order chi connectivity index (χ1) is 9.81. The summed E-state index contributed by atoms with van der Waals surface area (Å²) in [6.45, 7) is 3.54. The summed E-state index contributed by atoms with van der Waals surface area (Å²) in [6.07, 6.45) is 2.84. The van der Waals surface area contributed by atoms with Gasteiger partial charge >= 0.3 is 0 Å². The number of nitrogens with zero attached hydrogens (tertiary/aromatic N) is 1. The summed E-state index contributed by atoms with van der Waals surface area (Å²) in [5, 5.41) is 12.3. The summed E-state index contributed by atoms with van der Waals surface area (Å²) in [5.41, 5.74) is 1.91. The van der Waals surface area contributed by atoms with Crippen LogP contribution in [0.4, 0.5) is 5.82 Å². The third-order valence-corrected chi connectivity index (χ3v) is 2.87. The molecule has 106 valence electrons. The molecule has 1 aromatic carbocycles. The molecule has 0 amide bonds. The molecule has 4 heteroatoms. The average Bonchev–Trinajstić information content (AvgIpc) is 2.51. The molecule has 2 aromatic rings. The van der Waals surface area contributed by atoms with Gasteiger partial charge in [-0.05, 0) is 41.8 Å². The van der Waals surface area contributed by atoms with Crippen molar-refractivity contribution in [1.82, 2.24) is 4.98 Å². The fourth-order valence-corrected chi connectivity index (χ4v) is 1.81. The van der Waals surface area contributed by atoms with Crippen LogP contribution in [0, 0.1) is 0 Å². The summed E-state index contributed by atoms with van der Waals surface area (Å²) in [4.78, 5) is 4.26. The van der Waals surface area contributed by atoms with Crippen LogP contribution in [-0.4, -0.2) is 16.6 Å². The number of hydrogen-bond acceptors (Lipinski definition) is 4. The standard InChI is InChI=1S/C16H20N2O2/c1-2-7-17-16-10-14(6-8-18-16)12-20-15-5-3-4-13(9-15)11-19/h3-6,8-10,19H,2,7,11-12H2,1H3,(H,17,18). The van der Waals surface area contributed by atoms with Gasteiger partial charge in [0.05, 0.1) is 6.61 Å². The molecule has 0 atom stereocenters. The molecule has 0 unspecified atom stereocenters. The van der Waals surface area contributed by atoms with E-state index < -0.39 is 0 Å². The number of hydrogen-bond donors (Lipinski definition) is 2. The fourth-order valence-electron chi connectivity index (χ4n) is 1.81. The average molecular weight is 272 g/mol. The minimum absolute atomic E-state index is 0.0253. The number of anilines is 1. The molecule has 0 spiro atoms. The van der Waals surface area contributed by atoms with Gasteiger partial charge in [-0.15, -0.1) is 0 Å². The number of aromatic nitrogens is 1. The van der Waals surface area contributed by atoms with E-state index in [9.17, 15) is 0 Å². The quantitative estimate of drug-likeness (QED) is 0.813. The van der Waals surface area contributed by atoms with Crippen LogP contribution in [0.5, 0.6) is 5.75 Å². The molecule has 0 aliphatic rings. The summed E-state index contributed by atoms with van der Waals surface area (Å²) in [7, 11) is 0. The molecular weight excluding hydrogens is 252 g/mol. The molecule has 0 aliphatic heterocycles. The summed E-state index contributed by atoms with van der Waals surface area (Å²) in [5.74, 6) is 1.63. The van der Waals surface area contributed by atoms with Gasteiger partial charge in [0.25, 0.3) is 0 Å². The van der Waals surface area contributed by atoms with Crippen LogP contribution in [0.25, 0.3) is 0 Å². The largest absolute Gasteiger partial charge is 0.489 e. The second kappa shape index (κ2) is 7.50. The lowest BCUT2D eigenvalue weighted by atomic mass is 10.2. The molecule has 4 nitrogen and oxygen atoms in total.